The van der Waals surface area contributed by atoms with Crippen LogP contribution in [-0.2, 0) is 19.1 Å². The third-order valence-electron chi connectivity index (χ3n) is 3.57. The van der Waals surface area contributed by atoms with Crippen molar-refractivity contribution in [1.82, 2.24) is 0 Å². The van der Waals surface area contributed by atoms with Crippen molar-refractivity contribution in [3.05, 3.63) is 35.9 Å². The zero-order chi connectivity index (χ0) is 18.3. The van der Waals surface area contributed by atoms with E-state index in [2.05, 4.69) is 13.8 Å². The fourth-order valence-electron chi connectivity index (χ4n) is 2.71. The summed E-state index contributed by atoms with van der Waals surface area (Å²) in [5.41, 5.74) is 0.956. The van der Waals surface area contributed by atoms with Crippen molar-refractivity contribution in [2.24, 2.45) is 11.8 Å². The molecule has 0 N–H and O–H groups in total. The first-order valence-corrected chi connectivity index (χ1v) is 8.68. The predicted molar refractivity (Wildman–Crippen MR) is 94.6 cm³/mol. The van der Waals surface area contributed by atoms with Crippen molar-refractivity contribution >= 4 is 11.9 Å². The van der Waals surface area contributed by atoms with Crippen LogP contribution in [0.15, 0.2) is 30.3 Å². The van der Waals surface area contributed by atoms with Crippen molar-refractivity contribution in [3.8, 4) is 0 Å². The molecule has 24 heavy (non-hydrogen) atoms. The second kappa shape index (κ2) is 9.45. The van der Waals surface area contributed by atoms with Crippen molar-refractivity contribution in [2.75, 3.05) is 0 Å². The predicted octanol–water partition coefficient (Wildman–Crippen LogP) is 4.34. The van der Waals surface area contributed by atoms with Gasteiger partial charge in [-0.05, 0) is 45.6 Å². The summed E-state index contributed by atoms with van der Waals surface area (Å²) in [5, 5.41) is 0. The first kappa shape index (κ1) is 20.2. The van der Waals surface area contributed by atoms with Gasteiger partial charge in [0.05, 0.1) is 12.2 Å². The fourth-order valence-corrected chi connectivity index (χ4v) is 2.71. The standard InChI is InChI=1S/C20H30O4/c1-13(2)12-17(16-10-8-7-9-11-16)18(19(21)23-14(3)4)20(22)24-15(5)6/h7-11,13-15,17-18H,12H2,1-6H3. The molecule has 4 heteroatoms. The van der Waals surface area contributed by atoms with Gasteiger partial charge in [-0.25, -0.2) is 0 Å². The molecule has 0 radical (unpaired) electrons. The molecule has 0 aliphatic heterocycles. The van der Waals surface area contributed by atoms with E-state index in [1.807, 2.05) is 30.3 Å². The molecular formula is C20H30O4. The van der Waals surface area contributed by atoms with Gasteiger partial charge in [-0.1, -0.05) is 44.2 Å². The summed E-state index contributed by atoms with van der Waals surface area (Å²) < 4.78 is 10.7. The lowest BCUT2D eigenvalue weighted by Crippen LogP contribution is -2.36. The SMILES string of the molecule is CC(C)CC(c1ccccc1)C(C(=O)OC(C)C)C(=O)OC(C)C. The van der Waals surface area contributed by atoms with Crippen LogP contribution in [0.25, 0.3) is 0 Å². The van der Waals surface area contributed by atoms with Gasteiger partial charge in [0.1, 0.15) is 0 Å². The largest absolute Gasteiger partial charge is 0.462 e. The molecule has 1 aromatic rings. The van der Waals surface area contributed by atoms with Crippen LogP contribution in [0.1, 0.15) is 59.4 Å². The summed E-state index contributed by atoms with van der Waals surface area (Å²) in [4.78, 5) is 25.3. The molecule has 1 rings (SSSR count). The lowest BCUT2D eigenvalue weighted by molar-refractivity contribution is -0.167. The molecule has 0 bridgehead atoms. The number of hydrogen-bond acceptors (Lipinski definition) is 4. The highest BCUT2D eigenvalue weighted by molar-refractivity contribution is 5.96. The van der Waals surface area contributed by atoms with Gasteiger partial charge in [0.2, 0.25) is 0 Å². The number of carbonyl (C=O) groups excluding carboxylic acids is 2. The Morgan fingerprint density at radius 3 is 1.67 bits per heavy atom. The minimum atomic E-state index is -0.945. The summed E-state index contributed by atoms with van der Waals surface area (Å²) in [7, 11) is 0. The third-order valence-corrected chi connectivity index (χ3v) is 3.57. The molecule has 1 atom stereocenters. The molecule has 0 heterocycles. The van der Waals surface area contributed by atoms with Crippen LogP contribution in [0.2, 0.25) is 0 Å². The Balaban J connectivity index is 3.22. The summed E-state index contributed by atoms with van der Waals surface area (Å²) in [6.45, 7) is 11.3. The highest BCUT2D eigenvalue weighted by Gasteiger charge is 2.39. The maximum Gasteiger partial charge on any atom is 0.321 e. The maximum atomic E-state index is 12.6. The first-order chi connectivity index (χ1) is 11.2. The average molecular weight is 334 g/mol. The van der Waals surface area contributed by atoms with E-state index in [4.69, 9.17) is 9.47 Å². The summed E-state index contributed by atoms with van der Waals surface area (Å²) in [5.74, 6) is -1.89. The van der Waals surface area contributed by atoms with E-state index in [9.17, 15) is 9.59 Å². The Morgan fingerprint density at radius 2 is 1.29 bits per heavy atom. The van der Waals surface area contributed by atoms with Crippen LogP contribution >= 0.6 is 0 Å². The van der Waals surface area contributed by atoms with E-state index in [1.165, 1.54) is 0 Å². The van der Waals surface area contributed by atoms with Crippen LogP contribution in [-0.4, -0.2) is 24.1 Å². The molecule has 0 aliphatic carbocycles. The normalized spacial score (nSPS) is 12.8. The van der Waals surface area contributed by atoms with Crippen molar-refractivity contribution in [2.45, 2.75) is 66.1 Å². The Labute approximate surface area is 145 Å². The quantitative estimate of drug-likeness (QED) is 0.524. The van der Waals surface area contributed by atoms with Gasteiger partial charge in [0.15, 0.2) is 5.92 Å². The summed E-state index contributed by atoms with van der Waals surface area (Å²) in [6.07, 6.45) is 0.152. The molecule has 1 unspecified atom stereocenters. The number of esters is 2. The molecule has 0 saturated heterocycles. The fraction of sp³-hybridized carbons (Fsp3) is 0.600. The topological polar surface area (TPSA) is 52.6 Å². The third kappa shape index (κ3) is 6.34. The van der Waals surface area contributed by atoms with Crippen LogP contribution in [0.3, 0.4) is 0 Å². The second-order valence-electron chi connectivity index (χ2n) is 7.10. The Kier molecular flexibility index (Phi) is 7.96. The number of benzene rings is 1. The van der Waals surface area contributed by atoms with E-state index >= 15 is 0 Å². The summed E-state index contributed by atoms with van der Waals surface area (Å²) in [6, 6.07) is 9.66. The van der Waals surface area contributed by atoms with Gasteiger partial charge in [-0.3, -0.25) is 9.59 Å². The minimum Gasteiger partial charge on any atom is -0.462 e. The minimum absolute atomic E-state index is 0.260. The number of hydrogen-bond donors (Lipinski definition) is 0. The zero-order valence-corrected chi connectivity index (χ0v) is 15.6. The smallest absolute Gasteiger partial charge is 0.321 e. The molecule has 0 saturated carbocycles. The van der Waals surface area contributed by atoms with E-state index in [0.29, 0.717) is 12.3 Å². The molecule has 0 spiro atoms. The van der Waals surface area contributed by atoms with Crippen LogP contribution in [0.5, 0.6) is 0 Å². The lowest BCUT2D eigenvalue weighted by atomic mass is 9.80. The zero-order valence-electron chi connectivity index (χ0n) is 15.6. The molecule has 0 amide bonds. The van der Waals surface area contributed by atoms with Crippen molar-refractivity contribution in [3.63, 3.8) is 0 Å². The first-order valence-electron chi connectivity index (χ1n) is 8.68. The Morgan fingerprint density at radius 1 is 0.833 bits per heavy atom. The number of carbonyl (C=O) groups is 2. The van der Waals surface area contributed by atoms with E-state index in [1.54, 1.807) is 27.7 Å². The van der Waals surface area contributed by atoms with E-state index in [-0.39, 0.29) is 18.1 Å². The second-order valence-corrected chi connectivity index (χ2v) is 7.10. The summed E-state index contributed by atoms with van der Waals surface area (Å²) >= 11 is 0. The van der Waals surface area contributed by atoms with Gasteiger partial charge in [0.25, 0.3) is 0 Å². The molecule has 1 aromatic carbocycles. The number of ether oxygens (including phenoxy) is 2. The van der Waals surface area contributed by atoms with E-state index in [0.717, 1.165) is 5.56 Å². The molecular weight excluding hydrogens is 304 g/mol. The van der Waals surface area contributed by atoms with Crippen molar-refractivity contribution in [1.29, 1.82) is 0 Å². The monoisotopic (exact) mass is 334 g/mol. The highest BCUT2D eigenvalue weighted by atomic mass is 16.6. The van der Waals surface area contributed by atoms with Gasteiger partial charge in [-0.15, -0.1) is 0 Å². The van der Waals surface area contributed by atoms with Gasteiger partial charge in [0, 0.05) is 5.92 Å². The van der Waals surface area contributed by atoms with Crippen LogP contribution < -0.4 is 0 Å². The Bertz CT molecular complexity index is 498. The lowest BCUT2D eigenvalue weighted by Gasteiger charge is -2.27. The molecule has 134 valence electrons. The maximum absolute atomic E-state index is 12.6. The highest BCUT2D eigenvalue weighted by Crippen LogP contribution is 2.33. The molecule has 0 fully saturated rings. The average Bonchev–Trinajstić information content (AvgIpc) is 2.45. The van der Waals surface area contributed by atoms with E-state index < -0.39 is 17.9 Å². The number of rotatable bonds is 8. The van der Waals surface area contributed by atoms with Crippen molar-refractivity contribution < 1.29 is 19.1 Å². The Hall–Kier alpha value is -1.84. The molecule has 0 aliphatic rings. The van der Waals surface area contributed by atoms with Gasteiger partial charge < -0.3 is 9.47 Å². The molecule has 4 nitrogen and oxygen atoms in total. The van der Waals surface area contributed by atoms with Gasteiger partial charge in [-0.2, -0.15) is 0 Å². The molecule has 0 aromatic heterocycles. The van der Waals surface area contributed by atoms with Crippen LogP contribution in [0, 0.1) is 11.8 Å². The van der Waals surface area contributed by atoms with Gasteiger partial charge >= 0.3 is 11.9 Å². The van der Waals surface area contributed by atoms with Crippen LogP contribution in [0.4, 0.5) is 0 Å².